The molecule has 150 valence electrons. The van der Waals surface area contributed by atoms with Crippen LogP contribution in [0.1, 0.15) is 15.2 Å². The van der Waals surface area contributed by atoms with Gasteiger partial charge in [0.25, 0.3) is 5.91 Å². The fourth-order valence-corrected chi connectivity index (χ4v) is 3.42. The Kier molecular flexibility index (Phi) is 6.01. The van der Waals surface area contributed by atoms with Crippen LogP contribution in [0.15, 0.2) is 78.9 Å². The highest BCUT2D eigenvalue weighted by molar-refractivity contribution is 7.08. The van der Waals surface area contributed by atoms with Crippen LogP contribution in [0, 0.1) is 0 Å². The maximum Gasteiger partial charge on any atom is 0.269 e. The molecule has 1 N–H and O–H groups in total. The minimum absolute atomic E-state index is 0.256. The highest BCUT2D eigenvalue weighted by Gasteiger charge is 2.18. The van der Waals surface area contributed by atoms with E-state index in [4.69, 9.17) is 9.47 Å². The van der Waals surface area contributed by atoms with Gasteiger partial charge in [-0.25, -0.2) is 0 Å². The number of nitrogens with one attached hydrogen (secondary N) is 1. The van der Waals surface area contributed by atoms with Gasteiger partial charge in [-0.3, -0.25) is 4.79 Å². The minimum atomic E-state index is -0.256. The molecule has 4 aromatic rings. The van der Waals surface area contributed by atoms with Gasteiger partial charge in [0.1, 0.15) is 28.7 Å². The van der Waals surface area contributed by atoms with Crippen LogP contribution >= 0.6 is 11.5 Å². The van der Waals surface area contributed by atoms with Crippen molar-refractivity contribution in [1.29, 1.82) is 0 Å². The van der Waals surface area contributed by atoms with E-state index in [1.165, 1.54) is 0 Å². The van der Waals surface area contributed by atoms with Gasteiger partial charge in [0.15, 0.2) is 0 Å². The molecule has 0 saturated heterocycles. The van der Waals surface area contributed by atoms with E-state index in [-0.39, 0.29) is 5.91 Å². The maximum atomic E-state index is 12.8. The summed E-state index contributed by atoms with van der Waals surface area (Å²) in [5.74, 6) is 1.21. The molecule has 0 spiro atoms. The summed E-state index contributed by atoms with van der Waals surface area (Å²) in [5, 5.41) is 7.01. The van der Waals surface area contributed by atoms with Crippen molar-refractivity contribution in [3.63, 3.8) is 0 Å². The Morgan fingerprint density at radius 2 is 1.63 bits per heavy atom. The summed E-state index contributed by atoms with van der Waals surface area (Å²) in [6.07, 6.45) is 0. The fraction of sp³-hybridized carbons (Fsp3) is 0.0870. The zero-order valence-corrected chi connectivity index (χ0v) is 17.1. The average Bonchev–Trinajstić information content (AvgIpc) is 3.29. The molecule has 6 nitrogen and oxygen atoms in total. The van der Waals surface area contributed by atoms with Crippen LogP contribution in [0.4, 0.5) is 5.69 Å². The van der Waals surface area contributed by atoms with Gasteiger partial charge in [0, 0.05) is 11.3 Å². The van der Waals surface area contributed by atoms with Crippen LogP contribution in [0.5, 0.6) is 11.5 Å². The van der Waals surface area contributed by atoms with Crippen LogP contribution in [0.25, 0.3) is 11.3 Å². The lowest BCUT2D eigenvalue weighted by Crippen LogP contribution is -2.11. The second kappa shape index (κ2) is 9.19. The molecule has 0 bridgehead atoms. The third-order valence-electron chi connectivity index (χ3n) is 4.42. The Balaban J connectivity index is 1.41. The summed E-state index contributed by atoms with van der Waals surface area (Å²) in [6, 6.07) is 24.6. The number of anilines is 1. The molecule has 0 fully saturated rings. The number of carbonyl (C=O) groups is 1. The highest BCUT2D eigenvalue weighted by atomic mass is 32.1. The number of amides is 1. The highest BCUT2D eigenvalue weighted by Crippen LogP contribution is 2.27. The first kappa shape index (κ1) is 19.6. The van der Waals surface area contributed by atoms with Crippen molar-refractivity contribution in [2.24, 2.45) is 0 Å². The van der Waals surface area contributed by atoms with Gasteiger partial charge in [-0.05, 0) is 65.6 Å². The van der Waals surface area contributed by atoms with E-state index in [1.54, 1.807) is 19.2 Å². The summed E-state index contributed by atoms with van der Waals surface area (Å²) < 4.78 is 14.9. The number of methoxy groups -OCH3 is 1. The monoisotopic (exact) mass is 417 g/mol. The second-order valence-corrected chi connectivity index (χ2v) is 7.19. The zero-order chi connectivity index (χ0) is 20.8. The SMILES string of the molecule is COc1ccc(-c2nnsc2C(=O)Nc2ccc(OCc3ccccc3)cc2)cc1. The fourth-order valence-electron chi connectivity index (χ4n) is 2.84. The predicted octanol–water partition coefficient (Wildman–Crippen LogP) is 5.05. The van der Waals surface area contributed by atoms with Crippen LogP contribution in [-0.2, 0) is 6.61 Å². The Morgan fingerprint density at radius 3 is 2.33 bits per heavy atom. The first-order valence-electron chi connectivity index (χ1n) is 9.28. The molecule has 0 radical (unpaired) electrons. The number of hydrogen-bond donors (Lipinski definition) is 1. The first-order chi connectivity index (χ1) is 14.7. The van der Waals surface area contributed by atoms with E-state index in [1.807, 2.05) is 66.7 Å². The van der Waals surface area contributed by atoms with E-state index in [9.17, 15) is 4.79 Å². The molecule has 1 aromatic heterocycles. The van der Waals surface area contributed by atoms with Crippen molar-refractivity contribution in [3.05, 3.63) is 89.3 Å². The predicted molar refractivity (Wildman–Crippen MR) is 117 cm³/mol. The van der Waals surface area contributed by atoms with Gasteiger partial charge >= 0.3 is 0 Å². The Hall–Kier alpha value is -3.71. The van der Waals surface area contributed by atoms with Crippen LogP contribution < -0.4 is 14.8 Å². The summed E-state index contributed by atoms with van der Waals surface area (Å²) in [6.45, 7) is 0.490. The lowest BCUT2D eigenvalue weighted by Gasteiger charge is -2.08. The Bertz CT molecular complexity index is 1110. The van der Waals surface area contributed by atoms with Crippen molar-refractivity contribution in [3.8, 4) is 22.8 Å². The summed E-state index contributed by atoms with van der Waals surface area (Å²) in [5.41, 5.74) is 3.11. The second-order valence-electron chi connectivity index (χ2n) is 6.43. The van der Waals surface area contributed by atoms with E-state index in [2.05, 4.69) is 14.9 Å². The van der Waals surface area contributed by atoms with Crippen LogP contribution in [0.2, 0.25) is 0 Å². The maximum absolute atomic E-state index is 12.8. The first-order valence-corrected chi connectivity index (χ1v) is 10.0. The van der Waals surface area contributed by atoms with Gasteiger partial charge in [-0.2, -0.15) is 0 Å². The molecule has 1 amide bonds. The van der Waals surface area contributed by atoms with Gasteiger partial charge in [0.2, 0.25) is 0 Å². The molecular formula is C23H19N3O3S. The smallest absolute Gasteiger partial charge is 0.269 e. The molecule has 3 aromatic carbocycles. The summed E-state index contributed by atoms with van der Waals surface area (Å²) in [7, 11) is 1.61. The molecule has 0 unspecified atom stereocenters. The van der Waals surface area contributed by atoms with Gasteiger partial charge in [-0.1, -0.05) is 34.8 Å². The standard InChI is InChI=1S/C23H19N3O3S/c1-28-19-11-7-17(8-12-19)21-22(30-26-25-21)23(27)24-18-9-13-20(14-10-18)29-15-16-5-3-2-4-6-16/h2-14H,15H2,1H3,(H,24,27). The van der Waals surface area contributed by atoms with Gasteiger partial charge in [-0.15, -0.1) is 5.10 Å². The number of ether oxygens (including phenoxy) is 2. The molecule has 1 heterocycles. The number of rotatable bonds is 7. The summed E-state index contributed by atoms with van der Waals surface area (Å²) >= 11 is 1.06. The molecule has 0 saturated carbocycles. The van der Waals surface area contributed by atoms with E-state index < -0.39 is 0 Å². The van der Waals surface area contributed by atoms with Crippen molar-refractivity contribution >= 4 is 23.1 Å². The normalized spacial score (nSPS) is 10.4. The quantitative estimate of drug-likeness (QED) is 0.456. The summed E-state index contributed by atoms with van der Waals surface area (Å²) in [4.78, 5) is 13.2. The third-order valence-corrected chi connectivity index (χ3v) is 5.14. The lowest BCUT2D eigenvalue weighted by molar-refractivity contribution is 0.103. The molecule has 0 aliphatic heterocycles. The van der Waals surface area contributed by atoms with Crippen LogP contribution in [0.3, 0.4) is 0 Å². The number of benzene rings is 3. The van der Waals surface area contributed by atoms with E-state index in [0.29, 0.717) is 22.9 Å². The Morgan fingerprint density at radius 1 is 0.933 bits per heavy atom. The number of nitrogens with zero attached hydrogens (tertiary/aromatic N) is 2. The molecule has 4 rings (SSSR count). The van der Waals surface area contributed by atoms with Gasteiger partial charge < -0.3 is 14.8 Å². The molecule has 0 aliphatic rings. The topological polar surface area (TPSA) is 73.3 Å². The van der Waals surface area contributed by atoms with Crippen LogP contribution in [-0.4, -0.2) is 22.6 Å². The molecular weight excluding hydrogens is 398 g/mol. The van der Waals surface area contributed by atoms with Crippen molar-refractivity contribution in [2.45, 2.75) is 6.61 Å². The number of carbonyl (C=O) groups excluding carboxylic acids is 1. The molecule has 30 heavy (non-hydrogen) atoms. The number of aromatic nitrogens is 2. The van der Waals surface area contributed by atoms with Crippen molar-refractivity contribution < 1.29 is 14.3 Å². The van der Waals surface area contributed by atoms with E-state index >= 15 is 0 Å². The zero-order valence-electron chi connectivity index (χ0n) is 16.2. The molecule has 0 atom stereocenters. The lowest BCUT2D eigenvalue weighted by atomic mass is 10.1. The third kappa shape index (κ3) is 4.64. The molecule has 7 heteroatoms. The largest absolute Gasteiger partial charge is 0.497 e. The number of hydrogen-bond acceptors (Lipinski definition) is 6. The Labute approximate surface area is 178 Å². The van der Waals surface area contributed by atoms with Gasteiger partial charge in [0.05, 0.1) is 7.11 Å². The van der Waals surface area contributed by atoms with Crippen molar-refractivity contribution in [2.75, 3.05) is 12.4 Å². The minimum Gasteiger partial charge on any atom is -0.497 e. The van der Waals surface area contributed by atoms with Crippen molar-refractivity contribution in [1.82, 2.24) is 9.59 Å². The average molecular weight is 417 g/mol. The van der Waals surface area contributed by atoms with E-state index in [0.717, 1.165) is 34.2 Å². The molecule has 0 aliphatic carbocycles.